The number of carboxylic acid groups (broad SMARTS) is 2. The van der Waals surface area contributed by atoms with Crippen molar-refractivity contribution in [1.82, 2.24) is 9.80 Å². The SMILES string of the molecule is CN1CCN(C2=Cc3ccccc3Oc3ccccc32)CC1.O=C(O)/C=C\C(=O)O. The number of fused-ring (bicyclic) bond motifs is 2. The molecule has 7 nitrogen and oxygen atoms in total. The lowest BCUT2D eigenvalue weighted by atomic mass is 10.1. The minimum atomic E-state index is -1.26. The van der Waals surface area contributed by atoms with Gasteiger partial charge in [-0.1, -0.05) is 30.3 Å². The van der Waals surface area contributed by atoms with Crippen LogP contribution in [0, 0.1) is 0 Å². The smallest absolute Gasteiger partial charge is 0.328 e. The van der Waals surface area contributed by atoms with Gasteiger partial charge in [0.1, 0.15) is 11.5 Å². The molecule has 4 rings (SSSR count). The topological polar surface area (TPSA) is 90.3 Å². The van der Waals surface area contributed by atoms with Crippen LogP contribution in [0.5, 0.6) is 11.5 Å². The summed E-state index contributed by atoms with van der Waals surface area (Å²) in [6.45, 7) is 4.31. The Hall–Kier alpha value is -3.58. The summed E-state index contributed by atoms with van der Waals surface area (Å²) in [6, 6.07) is 16.6. The van der Waals surface area contributed by atoms with E-state index in [9.17, 15) is 9.59 Å². The van der Waals surface area contributed by atoms with Crippen molar-refractivity contribution >= 4 is 23.7 Å². The molecule has 0 spiro atoms. The van der Waals surface area contributed by atoms with E-state index in [0.29, 0.717) is 12.2 Å². The van der Waals surface area contributed by atoms with Crippen LogP contribution in [0.3, 0.4) is 0 Å². The Balaban J connectivity index is 0.000000275. The van der Waals surface area contributed by atoms with E-state index >= 15 is 0 Å². The van der Waals surface area contributed by atoms with Crippen molar-refractivity contribution in [2.24, 2.45) is 0 Å². The molecule has 0 aliphatic carbocycles. The Morgan fingerprint density at radius 1 is 0.867 bits per heavy atom. The van der Waals surface area contributed by atoms with E-state index in [1.54, 1.807) is 0 Å². The Bertz CT molecular complexity index is 959. The van der Waals surface area contributed by atoms with Crippen LogP contribution < -0.4 is 4.74 Å². The molecular weight excluding hydrogens is 384 g/mol. The van der Waals surface area contributed by atoms with E-state index in [1.807, 2.05) is 18.2 Å². The third kappa shape index (κ3) is 5.48. The molecule has 0 bridgehead atoms. The first-order valence-corrected chi connectivity index (χ1v) is 9.59. The van der Waals surface area contributed by atoms with Crippen molar-refractivity contribution in [3.8, 4) is 11.5 Å². The number of para-hydroxylation sites is 2. The van der Waals surface area contributed by atoms with Crippen LogP contribution in [0.25, 0.3) is 11.8 Å². The molecule has 0 aromatic heterocycles. The van der Waals surface area contributed by atoms with E-state index in [-0.39, 0.29) is 0 Å². The molecule has 156 valence electrons. The number of rotatable bonds is 3. The molecule has 0 saturated carbocycles. The summed E-state index contributed by atoms with van der Waals surface area (Å²) in [5, 5.41) is 15.6. The maximum absolute atomic E-state index is 9.55. The Labute approximate surface area is 175 Å². The maximum Gasteiger partial charge on any atom is 0.328 e. The fourth-order valence-electron chi connectivity index (χ4n) is 3.26. The first kappa shape index (κ1) is 21.1. The summed E-state index contributed by atoms with van der Waals surface area (Å²) in [7, 11) is 2.19. The van der Waals surface area contributed by atoms with Gasteiger partial charge in [0.2, 0.25) is 0 Å². The van der Waals surface area contributed by atoms with Crippen LogP contribution >= 0.6 is 0 Å². The fourth-order valence-corrected chi connectivity index (χ4v) is 3.26. The highest BCUT2D eigenvalue weighted by atomic mass is 16.5. The predicted octanol–water partition coefficient (Wildman–Crippen LogP) is 3.25. The van der Waals surface area contributed by atoms with Crippen molar-refractivity contribution in [2.45, 2.75) is 0 Å². The average Bonchev–Trinajstić information content (AvgIpc) is 2.90. The van der Waals surface area contributed by atoms with Crippen LogP contribution in [-0.2, 0) is 9.59 Å². The van der Waals surface area contributed by atoms with Crippen LogP contribution in [0.4, 0.5) is 0 Å². The molecule has 0 radical (unpaired) electrons. The monoisotopic (exact) mass is 408 g/mol. The summed E-state index contributed by atoms with van der Waals surface area (Å²) in [6.07, 6.45) is 3.39. The third-order valence-corrected chi connectivity index (χ3v) is 4.81. The molecule has 2 N–H and O–H groups in total. The average molecular weight is 408 g/mol. The Morgan fingerprint density at radius 2 is 1.43 bits per heavy atom. The minimum Gasteiger partial charge on any atom is -0.478 e. The van der Waals surface area contributed by atoms with Gasteiger partial charge in [0, 0.05) is 55.2 Å². The van der Waals surface area contributed by atoms with Gasteiger partial charge in [-0.15, -0.1) is 0 Å². The molecule has 2 aliphatic heterocycles. The highest BCUT2D eigenvalue weighted by Crippen LogP contribution is 2.39. The van der Waals surface area contributed by atoms with E-state index in [0.717, 1.165) is 43.2 Å². The van der Waals surface area contributed by atoms with Gasteiger partial charge in [-0.3, -0.25) is 0 Å². The minimum absolute atomic E-state index is 0.558. The molecular formula is C23H24N2O5. The first-order chi connectivity index (χ1) is 14.4. The molecule has 30 heavy (non-hydrogen) atoms. The van der Waals surface area contributed by atoms with Crippen LogP contribution in [0.1, 0.15) is 11.1 Å². The molecule has 2 aliphatic rings. The van der Waals surface area contributed by atoms with E-state index in [2.05, 4.69) is 53.3 Å². The number of nitrogens with zero attached hydrogens (tertiary/aromatic N) is 2. The van der Waals surface area contributed by atoms with Gasteiger partial charge in [-0.25, -0.2) is 9.59 Å². The molecule has 0 unspecified atom stereocenters. The molecule has 1 saturated heterocycles. The standard InChI is InChI=1S/C19H20N2O.C4H4O4/c1-20-10-12-21(13-11-20)17-14-15-6-2-4-8-18(15)22-19-9-5-3-7-16(17)19;5-3(6)1-2-4(7)8/h2-9,14H,10-13H2,1H3;1-2H,(H,5,6)(H,7,8)/b;2-1-. The number of hydrogen-bond donors (Lipinski definition) is 2. The molecule has 0 amide bonds. The molecule has 7 heteroatoms. The molecule has 1 fully saturated rings. The van der Waals surface area contributed by atoms with Crippen LogP contribution in [0.15, 0.2) is 60.7 Å². The molecule has 2 heterocycles. The van der Waals surface area contributed by atoms with Gasteiger partial charge < -0.3 is 24.7 Å². The van der Waals surface area contributed by atoms with Gasteiger partial charge >= 0.3 is 11.9 Å². The number of ether oxygens (including phenoxy) is 1. The second-order valence-corrected chi connectivity index (χ2v) is 6.97. The molecule has 2 aromatic carbocycles. The van der Waals surface area contributed by atoms with Crippen molar-refractivity contribution in [2.75, 3.05) is 33.2 Å². The van der Waals surface area contributed by atoms with Crippen LogP contribution in [0.2, 0.25) is 0 Å². The number of benzene rings is 2. The van der Waals surface area contributed by atoms with Gasteiger partial charge in [0.15, 0.2) is 0 Å². The lowest BCUT2D eigenvalue weighted by Gasteiger charge is -2.35. The second-order valence-electron chi connectivity index (χ2n) is 6.97. The van der Waals surface area contributed by atoms with Gasteiger partial charge in [-0.2, -0.15) is 0 Å². The quantitative estimate of drug-likeness (QED) is 0.754. The van der Waals surface area contributed by atoms with Crippen molar-refractivity contribution in [1.29, 1.82) is 0 Å². The molecule has 0 atom stereocenters. The van der Waals surface area contributed by atoms with E-state index in [1.165, 1.54) is 11.3 Å². The van der Waals surface area contributed by atoms with E-state index < -0.39 is 11.9 Å². The zero-order chi connectivity index (χ0) is 21.5. The van der Waals surface area contributed by atoms with Crippen molar-refractivity contribution in [3.05, 3.63) is 71.8 Å². The normalized spacial score (nSPS) is 15.6. The number of piperazine rings is 1. The lowest BCUT2D eigenvalue weighted by Crippen LogP contribution is -2.43. The Morgan fingerprint density at radius 3 is 2.07 bits per heavy atom. The molecule has 2 aromatic rings. The van der Waals surface area contributed by atoms with Crippen molar-refractivity contribution in [3.63, 3.8) is 0 Å². The summed E-state index contributed by atoms with van der Waals surface area (Å²) < 4.78 is 6.16. The number of aliphatic carboxylic acids is 2. The zero-order valence-electron chi connectivity index (χ0n) is 16.7. The number of carbonyl (C=O) groups is 2. The van der Waals surface area contributed by atoms with Gasteiger partial charge in [0.05, 0.1) is 0 Å². The first-order valence-electron chi connectivity index (χ1n) is 9.59. The third-order valence-electron chi connectivity index (χ3n) is 4.81. The van der Waals surface area contributed by atoms with Gasteiger partial charge in [0.25, 0.3) is 0 Å². The summed E-state index contributed by atoms with van der Waals surface area (Å²) in [5.41, 5.74) is 3.60. The fraction of sp³-hybridized carbons (Fsp3) is 0.217. The van der Waals surface area contributed by atoms with Gasteiger partial charge in [-0.05, 0) is 31.3 Å². The number of carboxylic acids is 2. The highest BCUT2D eigenvalue weighted by Gasteiger charge is 2.22. The summed E-state index contributed by atoms with van der Waals surface area (Å²) >= 11 is 0. The maximum atomic E-state index is 9.55. The summed E-state index contributed by atoms with van der Waals surface area (Å²) in [5.74, 6) is -0.642. The number of likely N-dealkylation sites (N-methyl/N-ethyl adjacent to an activating group) is 1. The lowest BCUT2D eigenvalue weighted by molar-refractivity contribution is -0.134. The van der Waals surface area contributed by atoms with E-state index in [4.69, 9.17) is 14.9 Å². The second kappa shape index (κ2) is 9.76. The van der Waals surface area contributed by atoms with Crippen molar-refractivity contribution < 1.29 is 24.5 Å². The predicted molar refractivity (Wildman–Crippen MR) is 114 cm³/mol. The highest BCUT2D eigenvalue weighted by molar-refractivity contribution is 5.89. The number of hydrogen-bond acceptors (Lipinski definition) is 5. The summed E-state index contributed by atoms with van der Waals surface area (Å²) in [4.78, 5) is 24.0. The largest absolute Gasteiger partial charge is 0.478 e. The zero-order valence-corrected chi connectivity index (χ0v) is 16.7. The van der Waals surface area contributed by atoms with Crippen LogP contribution in [-0.4, -0.2) is 65.2 Å². The Kier molecular flexibility index (Phi) is 6.87.